The van der Waals surface area contributed by atoms with E-state index in [1.165, 1.54) is 0 Å². The van der Waals surface area contributed by atoms with Crippen LogP contribution in [0.25, 0.3) is 10.9 Å². The standard InChI is InChI=1S/C11H10F3NO/c12-11(13,14)7-16-8-15-6-5-9-3-1-2-4-10(9)15/h1-6H,7-8H2. The normalized spacial score (nSPS) is 12.2. The van der Waals surface area contributed by atoms with Gasteiger partial charge in [0.15, 0.2) is 0 Å². The molecule has 0 saturated carbocycles. The van der Waals surface area contributed by atoms with Gasteiger partial charge in [0.2, 0.25) is 0 Å². The molecule has 0 N–H and O–H groups in total. The molecular formula is C11H10F3NO. The quantitative estimate of drug-likeness (QED) is 0.788. The molecule has 1 aromatic heterocycles. The van der Waals surface area contributed by atoms with Crippen LogP contribution in [-0.2, 0) is 11.5 Å². The number of hydrogen-bond acceptors (Lipinski definition) is 1. The third-order valence-corrected chi connectivity index (χ3v) is 2.18. The molecule has 2 rings (SSSR count). The Hall–Kier alpha value is -1.49. The van der Waals surface area contributed by atoms with Crippen molar-refractivity contribution in [2.24, 2.45) is 0 Å². The Kier molecular flexibility index (Phi) is 2.87. The summed E-state index contributed by atoms with van der Waals surface area (Å²) >= 11 is 0. The van der Waals surface area contributed by atoms with E-state index in [1.807, 2.05) is 30.3 Å². The van der Waals surface area contributed by atoms with Crippen LogP contribution >= 0.6 is 0 Å². The summed E-state index contributed by atoms with van der Waals surface area (Å²) in [6, 6.07) is 9.29. The van der Waals surface area contributed by atoms with Crippen LogP contribution in [-0.4, -0.2) is 17.4 Å². The van der Waals surface area contributed by atoms with Crippen LogP contribution in [0.15, 0.2) is 36.5 Å². The lowest BCUT2D eigenvalue weighted by Crippen LogP contribution is -2.18. The van der Waals surface area contributed by atoms with Crippen LogP contribution < -0.4 is 0 Å². The zero-order valence-electron chi connectivity index (χ0n) is 8.37. The summed E-state index contributed by atoms with van der Waals surface area (Å²) in [4.78, 5) is 0. The molecule has 0 aliphatic heterocycles. The van der Waals surface area contributed by atoms with Gasteiger partial charge in [-0.25, -0.2) is 0 Å². The number of benzene rings is 1. The van der Waals surface area contributed by atoms with E-state index in [9.17, 15) is 13.2 Å². The molecular weight excluding hydrogens is 219 g/mol. The largest absolute Gasteiger partial charge is 0.411 e. The topological polar surface area (TPSA) is 14.2 Å². The fourth-order valence-corrected chi connectivity index (χ4v) is 1.51. The summed E-state index contributed by atoms with van der Waals surface area (Å²) in [6.45, 7) is -1.31. The van der Waals surface area contributed by atoms with E-state index in [4.69, 9.17) is 0 Å². The summed E-state index contributed by atoms with van der Waals surface area (Å²) in [5.41, 5.74) is 0.865. The zero-order valence-corrected chi connectivity index (χ0v) is 8.37. The van der Waals surface area contributed by atoms with Gasteiger partial charge in [0.1, 0.15) is 13.3 Å². The molecule has 0 aliphatic carbocycles. The van der Waals surface area contributed by atoms with Gasteiger partial charge in [-0.05, 0) is 17.5 Å². The Morgan fingerprint density at radius 3 is 2.62 bits per heavy atom. The van der Waals surface area contributed by atoms with Crippen molar-refractivity contribution in [3.8, 4) is 0 Å². The number of ether oxygens (including phenoxy) is 1. The van der Waals surface area contributed by atoms with Gasteiger partial charge < -0.3 is 9.30 Å². The van der Waals surface area contributed by atoms with E-state index in [0.29, 0.717) is 0 Å². The molecule has 0 atom stereocenters. The second kappa shape index (κ2) is 4.17. The number of halogens is 3. The van der Waals surface area contributed by atoms with Crippen molar-refractivity contribution in [2.75, 3.05) is 6.61 Å². The number of aromatic nitrogens is 1. The minimum absolute atomic E-state index is 0.0903. The average molecular weight is 229 g/mol. The highest BCUT2D eigenvalue weighted by Gasteiger charge is 2.27. The van der Waals surface area contributed by atoms with E-state index in [0.717, 1.165) is 10.9 Å². The third kappa shape index (κ3) is 2.55. The van der Waals surface area contributed by atoms with Gasteiger partial charge in [-0.1, -0.05) is 18.2 Å². The van der Waals surface area contributed by atoms with E-state index >= 15 is 0 Å². The molecule has 16 heavy (non-hydrogen) atoms. The van der Waals surface area contributed by atoms with Crippen molar-refractivity contribution in [3.05, 3.63) is 36.5 Å². The maximum absolute atomic E-state index is 11.9. The Balaban J connectivity index is 2.05. The van der Waals surface area contributed by atoms with Gasteiger partial charge in [0.05, 0.1) is 0 Å². The number of nitrogens with zero attached hydrogens (tertiary/aromatic N) is 1. The van der Waals surface area contributed by atoms with Crippen molar-refractivity contribution in [1.29, 1.82) is 0 Å². The third-order valence-electron chi connectivity index (χ3n) is 2.18. The fraction of sp³-hybridized carbons (Fsp3) is 0.273. The summed E-state index contributed by atoms with van der Waals surface area (Å²) in [5.74, 6) is 0. The smallest absolute Gasteiger partial charge is 0.351 e. The molecule has 1 aromatic carbocycles. The predicted octanol–water partition coefficient (Wildman–Crippen LogP) is 3.18. The Morgan fingerprint density at radius 1 is 1.12 bits per heavy atom. The molecule has 1 heterocycles. The summed E-state index contributed by atoms with van der Waals surface area (Å²) in [7, 11) is 0. The number of fused-ring (bicyclic) bond motifs is 1. The first-order valence-corrected chi connectivity index (χ1v) is 4.75. The minimum atomic E-state index is -4.27. The fourth-order valence-electron chi connectivity index (χ4n) is 1.51. The summed E-state index contributed by atoms with van der Waals surface area (Å²) < 4.78 is 41.8. The molecule has 5 heteroatoms. The van der Waals surface area contributed by atoms with Crippen molar-refractivity contribution in [2.45, 2.75) is 12.9 Å². The lowest BCUT2D eigenvalue weighted by atomic mass is 10.2. The van der Waals surface area contributed by atoms with E-state index in [2.05, 4.69) is 4.74 Å². The molecule has 0 bridgehead atoms. The molecule has 0 radical (unpaired) electrons. The van der Waals surface area contributed by atoms with Crippen LogP contribution in [0.1, 0.15) is 0 Å². The lowest BCUT2D eigenvalue weighted by Gasteiger charge is -2.09. The number of alkyl halides is 3. The van der Waals surface area contributed by atoms with Crippen molar-refractivity contribution in [1.82, 2.24) is 4.57 Å². The van der Waals surface area contributed by atoms with Gasteiger partial charge >= 0.3 is 6.18 Å². The van der Waals surface area contributed by atoms with Crippen molar-refractivity contribution >= 4 is 10.9 Å². The van der Waals surface area contributed by atoms with E-state index in [1.54, 1.807) is 10.8 Å². The Bertz CT molecular complexity index is 475. The number of rotatable bonds is 3. The van der Waals surface area contributed by atoms with Crippen LogP contribution in [0.3, 0.4) is 0 Å². The summed E-state index contributed by atoms with van der Waals surface area (Å²) in [5, 5.41) is 0.984. The molecule has 0 unspecified atom stereocenters. The molecule has 0 spiro atoms. The maximum atomic E-state index is 11.9. The van der Waals surface area contributed by atoms with Gasteiger partial charge in [0, 0.05) is 11.7 Å². The van der Waals surface area contributed by atoms with Gasteiger partial charge in [-0.2, -0.15) is 13.2 Å². The Morgan fingerprint density at radius 2 is 1.88 bits per heavy atom. The molecule has 0 aliphatic rings. The monoisotopic (exact) mass is 229 g/mol. The average Bonchev–Trinajstić information content (AvgIpc) is 2.60. The highest BCUT2D eigenvalue weighted by molar-refractivity contribution is 5.79. The lowest BCUT2D eigenvalue weighted by molar-refractivity contribution is -0.181. The molecule has 2 aromatic rings. The van der Waals surface area contributed by atoms with Gasteiger partial charge in [0.25, 0.3) is 0 Å². The second-order valence-corrected chi connectivity index (χ2v) is 3.44. The summed E-state index contributed by atoms with van der Waals surface area (Å²) in [6.07, 6.45) is -2.57. The maximum Gasteiger partial charge on any atom is 0.411 e. The SMILES string of the molecule is FC(F)(F)COCn1ccc2ccccc21. The first kappa shape index (κ1) is 11.0. The predicted molar refractivity (Wildman–Crippen MR) is 53.9 cm³/mol. The number of hydrogen-bond donors (Lipinski definition) is 0. The zero-order chi connectivity index (χ0) is 11.6. The number of para-hydroxylation sites is 1. The molecule has 86 valence electrons. The second-order valence-electron chi connectivity index (χ2n) is 3.44. The van der Waals surface area contributed by atoms with Crippen LogP contribution in [0.5, 0.6) is 0 Å². The molecule has 0 saturated heterocycles. The highest BCUT2D eigenvalue weighted by atomic mass is 19.4. The molecule has 0 fully saturated rings. The van der Waals surface area contributed by atoms with Gasteiger partial charge in [-0.15, -0.1) is 0 Å². The molecule has 0 amide bonds. The van der Waals surface area contributed by atoms with Crippen LogP contribution in [0.4, 0.5) is 13.2 Å². The highest BCUT2D eigenvalue weighted by Crippen LogP contribution is 2.17. The van der Waals surface area contributed by atoms with E-state index in [-0.39, 0.29) is 6.73 Å². The van der Waals surface area contributed by atoms with Crippen LogP contribution in [0, 0.1) is 0 Å². The van der Waals surface area contributed by atoms with Crippen molar-refractivity contribution in [3.63, 3.8) is 0 Å². The van der Waals surface area contributed by atoms with Crippen molar-refractivity contribution < 1.29 is 17.9 Å². The van der Waals surface area contributed by atoms with E-state index < -0.39 is 12.8 Å². The minimum Gasteiger partial charge on any atom is -0.351 e. The first-order valence-electron chi connectivity index (χ1n) is 4.75. The van der Waals surface area contributed by atoms with Crippen LogP contribution in [0.2, 0.25) is 0 Å². The first-order chi connectivity index (χ1) is 7.56. The Labute approximate surface area is 90.2 Å². The molecule has 2 nitrogen and oxygen atoms in total. The van der Waals surface area contributed by atoms with Gasteiger partial charge in [-0.3, -0.25) is 0 Å².